The van der Waals surface area contributed by atoms with E-state index < -0.39 is 0 Å². The minimum atomic E-state index is -0.0890. The number of piperazine rings is 1. The molecule has 5 rings (SSSR count). The number of ether oxygens (including phenoxy) is 1. The maximum atomic E-state index is 13.5. The van der Waals surface area contributed by atoms with Crippen LogP contribution in [0.25, 0.3) is 0 Å². The van der Waals surface area contributed by atoms with Gasteiger partial charge in [-0.05, 0) is 38.6 Å². The zero-order valence-corrected chi connectivity index (χ0v) is 26.7. The molecule has 0 bridgehead atoms. The molecule has 2 aliphatic heterocycles. The predicted molar refractivity (Wildman–Crippen MR) is 167 cm³/mol. The maximum Gasteiger partial charge on any atom is 0.257 e. The van der Waals surface area contributed by atoms with Gasteiger partial charge in [0, 0.05) is 44.4 Å². The Balaban J connectivity index is 1.31. The molecule has 2 fully saturated rings. The second-order valence-corrected chi connectivity index (χ2v) is 13.4. The van der Waals surface area contributed by atoms with Crippen LogP contribution < -0.4 is 19.9 Å². The van der Waals surface area contributed by atoms with Gasteiger partial charge in [0.25, 0.3) is 5.91 Å². The Labute approximate surface area is 255 Å². The van der Waals surface area contributed by atoms with Gasteiger partial charge in [0.05, 0.1) is 48.8 Å². The smallest absolute Gasteiger partial charge is 0.257 e. The van der Waals surface area contributed by atoms with E-state index in [-0.39, 0.29) is 11.8 Å². The van der Waals surface area contributed by atoms with Gasteiger partial charge in [-0.15, -0.1) is 0 Å². The average Bonchev–Trinajstić information content (AvgIpc) is 3.59. The summed E-state index contributed by atoms with van der Waals surface area (Å²) in [5.74, 6) is 2.95. The van der Waals surface area contributed by atoms with Gasteiger partial charge in [-0.25, -0.2) is 9.97 Å². The number of amides is 2. The third-order valence-electron chi connectivity index (χ3n) is 8.05. The quantitative estimate of drug-likeness (QED) is 0.369. The van der Waals surface area contributed by atoms with Crippen LogP contribution >= 0.6 is 23.1 Å². The van der Waals surface area contributed by atoms with E-state index in [2.05, 4.69) is 27.6 Å². The van der Waals surface area contributed by atoms with Crippen LogP contribution in [0.1, 0.15) is 35.1 Å². The molecular weight excluding hydrogens is 573 g/mol. The lowest BCUT2D eigenvalue weighted by Crippen LogP contribution is -2.50. The summed E-state index contributed by atoms with van der Waals surface area (Å²) < 4.78 is 7.35. The van der Waals surface area contributed by atoms with Crippen molar-refractivity contribution in [3.8, 4) is 5.75 Å². The summed E-state index contributed by atoms with van der Waals surface area (Å²) >= 11 is 3.10. The highest BCUT2D eigenvalue weighted by Gasteiger charge is 2.37. The fraction of sp³-hybridized carbons (Fsp3) is 0.483. The van der Waals surface area contributed by atoms with Gasteiger partial charge in [-0.3, -0.25) is 14.1 Å². The van der Waals surface area contributed by atoms with Crippen molar-refractivity contribution in [3.63, 3.8) is 0 Å². The fourth-order valence-corrected chi connectivity index (χ4v) is 7.48. The first-order valence-corrected chi connectivity index (χ1v) is 15.7. The number of methoxy groups -OCH3 is 1. The molecule has 2 unspecified atom stereocenters. The number of likely N-dealkylation sites (N-methyl/N-ethyl adjacent to an activating group) is 2. The Morgan fingerprint density at radius 2 is 1.86 bits per heavy atom. The first-order chi connectivity index (χ1) is 20.1. The van der Waals surface area contributed by atoms with E-state index in [9.17, 15) is 9.59 Å². The molecule has 3 aromatic rings. The summed E-state index contributed by atoms with van der Waals surface area (Å²) in [5.41, 5.74) is 1.53. The number of nitrogens with one attached hydrogen (secondary N) is 2. The zero-order chi connectivity index (χ0) is 30.0. The van der Waals surface area contributed by atoms with Gasteiger partial charge in [0.15, 0.2) is 5.13 Å². The summed E-state index contributed by atoms with van der Waals surface area (Å²) in [5, 5.41) is 7.52. The summed E-state index contributed by atoms with van der Waals surface area (Å²) in [6.45, 7) is 9.59. The van der Waals surface area contributed by atoms with Crippen molar-refractivity contribution in [1.82, 2.24) is 34.6 Å². The Morgan fingerprint density at radius 3 is 2.52 bits per heavy atom. The van der Waals surface area contributed by atoms with E-state index in [1.54, 1.807) is 35.6 Å². The molecule has 13 heteroatoms. The third-order valence-corrected chi connectivity index (χ3v) is 10.2. The molecule has 4 heterocycles. The number of aryl methyl sites for hydroxylation is 2. The normalized spacial score (nSPS) is 20.6. The van der Waals surface area contributed by atoms with Crippen LogP contribution in [-0.4, -0.2) is 103 Å². The standard InChI is InChI=1S/C29H39N8O3S2/c1-18-13-23(40-6)22(28(39)36-10-8-35(9-11-36)20(3)38)14-24(18)41-27-16-31-29(42-27)34-25-15-26(33-19(2)32-25)37(5)12-7-21(17-37)30-4/h13-16,21,30H,7-12,17H2,1-6H3,(H,31,32,33,34)/q+1. The van der Waals surface area contributed by atoms with Crippen molar-refractivity contribution in [2.75, 3.05) is 65.8 Å². The average molecular weight is 612 g/mol. The lowest BCUT2D eigenvalue weighted by atomic mass is 10.1. The summed E-state index contributed by atoms with van der Waals surface area (Å²) in [4.78, 5) is 43.7. The molecule has 1 aromatic carbocycles. The topological polar surface area (TPSA) is 113 Å². The van der Waals surface area contributed by atoms with E-state index >= 15 is 0 Å². The largest absolute Gasteiger partial charge is 0.496 e. The highest BCUT2D eigenvalue weighted by Crippen LogP contribution is 2.39. The van der Waals surface area contributed by atoms with Crippen LogP contribution in [0.4, 0.5) is 16.8 Å². The Bertz CT molecular complexity index is 1470. The van der Waals surface area contributed by atoms with Crippen molar-refractivity contribution >= 4 is 51.7 Å². The van der Waals surface area contributed by atoms with E-state index in [1.807, 2.05) is 45.3 Å². The van der Waals surface area contributed by atoms with Gasteiger partial charge >= 0.3 is 0 Å². The Morgan fingerprint density at radius 1 is 1.12 bits per heavy atom. The molecule has 11 nitrogen and oxygen atoms in total. The molecule has 0 radical (unpaired) electrons. The summed E-state index contributed by atoms with van der Waals surface area (Å²) in [6.07, 6.45) is 2.95. The van der Waals surface area contributed by atoms with Crippen LogP contribution in [0.15, 0.2) is 33.5 Å². The Kier molecular flexibility index (Phi) is 9.02. The van der Waals surface area contributed by atoms with Gasteiger partial charge in [0.1, 0.15) is 23.9 Å². The van der Waals surface area contributed by atoms with Gasteiger partial charge in [-0.1, -0.05) is 23.1 Å². The molecule has 2 aromatic heterocycles. The monoisotopic (exact) mass is 611 g/mol. The van der Waals surface area contributed by atoms with Crippen molar-refractivity contribution in [3.05, 3.63) is 41.3 Å². The SMILES string of the molecule is CNC1CC[N+](C)(c2cc(Nc3ncc(Sc4cc(C(=O)N5CCN(C(C)=O)CC5)c(OC)cc4C)s3)nc(C)n2)C1. The number of anilines is 2. The minimum Gasteiger partial charge on any atom is -0.496 e. The first-order valence-electron chi connectivity index (χ1n) is 14.1. The molecule has 0 saturated carbocycles. The van der Waals surface area contributed by atoms with Crippen LogP contribution in [-0.2, 0) is 4.79 Å². The molecule has 2 aliphatic rings. The number of benzene rings is 1. The van der Waals surface area contributed by atoms with Crippen molar-refractivity contribution in [1.29, 1.82) is 0 Å². The number of likely N-dealkylation sites (tertiary alicyclic amines) is 1. The number of hydrogen-bond donors (Lipinski definition) is 2. The molecule has 2 saturated heterocycles. The lowest BCUT2D eigenvalue weighted by Gasteiger charge is -2.34. The predicted octanol–water partition coefficient (Wildman–Crippen LogP) is 3.69. The molecule has 0 aliphatic carbocycles. The first kappa shape index (κ1) is 30.2. The molecule has 224 valence electrons. The molecule has 0 spiro atoms. The number of quaternary nitrogens is 1. The highest BCUT2D eigenvalue weighted by molar-refractivity contribution is 8.01. The summed E-state index contributed by atoms with van der Waals surface area (Å²) in [7, 11) is 5.82. The van der Waals surface area contributed by atoms with E-state index in [0.29, 0.717) is 43.5 Å². The minimum absolute atomic E-state index is 0.0346. The third kappa shape index (κ3) is 6.54. The van der Waals surface area contributed by atoms with Crippen molar-refractivity contribution < 1.29 is 14.3 Å². The van der Waals surface area contributed by atoms with E-state index in [4.69, 9.17) is 9.72 Å². The van der Waals surface area contributed by atoms with Crippen LogP contribution in [0.2, 0.25) is 0 Å². The summed E-state index contributed by atoms with van der Waals surface area (Å²) in [6, 6.07) is 6.33. The highest BCUT2D eigenvalue weighted by atomic mass is 32.2. The number of nitrogens with zero attached hydrogens (tertiary/aromatic N) is 6. The maximum absolute atomic E-state index is 13.5. The van der Waals surface area contributed by atoms with Crippen LogP contribution in [0.5, 0.6) is 5.75 Å². The number of hydrogen-bond acceptors (Lipinski definition) is 10. The lowest BCUT2D eigenvalue weighted by molar-refractivity contribution is -0.130. The van der Waals surface area contributed by atoms with Gasteiger partial charge in [-0.2, -0.15) is 4.98 Å². The second-order valence-electron chi connectivity index (χ2n) is 11.1. The Hall–Kier alpha value is -3.26. The van der Waals surface area contributed by atoms with E-state index in [1.165, 1.54) is 11.3 Å². The number of rotatable bonds is 8. The molecule has 42 heavy (non-hydrogen) atoms. The molecule has 2 amide bonds. The van der Waals surface area contributed by atoms with Gasteiger partial charge < -0.3 is 25.2 Å². The second kappa shape index (κ2) is 12.5. The fourth-order valence-electron chi connectivity index (χ4n) is 5.53. The number of aromatic nitrogens is 3. The molecular formula is C29H39N8O3S2+. The zero-order valence-electron chi connectivity index (χ0n) is 25.1. The van der Waals surface area contributed by atoms with E-state index in [0.717, 1.165) is 61.3 Å². The van der Waals surface area contributed by atoms with Crippen LogP contribution in [0.3, 0.4) is 0 Å². The van der Waals surface area contributed by atoms with Crippen molar-refractivity contribution in [2.45, 2.75) is 42.3 Å². The number of thiazole rings is 1. The number of carbonyl (C=O) groups excluding carboxylic acids is 2. The molecule has 2 atom stereocenters. The molecule has 2 N–H and O–H groups in total. The van der Waals surface area contributed by atoms with Gasteiger partial charge in [0.2, 0.25) is 11.7 Å². The van der Waals surface area contributed by atoms with Crippen molar-refractivity contribution in [2.24, 2.45) is 0 Å². The van der Waals surface area contributed by atoms with Crippen LogP contribution in [0, 0.1) is 13.8 Å². The number of carbonyl (C=O) groups is 2.